The highest BCUT2D eigenvalue weighted by Gasteiger charge is 2.38. The van der Waals surface area contributed by atoms with Crippen LogP contribution >= 0.6 is 0 Å². The fraction of sp³-hybridized carbons (Fsp3) is 0.688. The lowest BCUT2D eigenvalue weighted by atomic mass is 9.99. The van der Waals surface area contributed by atoms with Crippen LogP contribution in [0, 0.1) is 11.7 Å². The maximum atomic E-state index is 14.0. The van der Waals surface area contributed by atoms with E-state index in [1.807, 2.05) is 4.90 Å². The molecule has 1 aromatic heterocycles. The zero-order valence-corrected chi connectivity index (χ0v) is 14.8. The molecule has 2 aliphatic heterocycles. The molecule has 134 valence electrons. The Morgan fingerprint density at radius 2 is 2.08 bits per heavy atom. The van der Waals surface area contributed by atoms with Crippen molar-refractivity contribution in [3.8, 4) is 0 Å². The Morgan fingerprint density at radius 1 is 1.33 bits per heavy atom. The lowest BCUT2D eigenvalue weighted by molar-refractivity contribution is 0.412. The number of nitrogens with zero attached hydrogens (tertiary/aromatic N) is 3. The Morgan fingerprint density at radius 3 is 2.75 bits per heavy atom. The van der Waals surface area contributed by atoms with Crippen molar-refractivity contribution in [3.05, 3.63) is 24.1 Å². The van der Waals surface area contributed by atoms with E-state index in [0.29, 0.717) is 32.0 Å². The van der Waals surface area contributed by atoms with Gasteiger partial charge in [0.05, 0.1) is 0 Å². The van der Waals surface area contributed by atoms with E-state index < -0.39 is 10.2 Å². The van der Waals surface area contributed by atoms with E-state index in [0.717, 1.165) is 25.7 Å². The van der Waals surface area contributed by atoms with Crippen LogP contribution in [-0.4, -0.2) is 49.9 Å². The van der Waals surface area contributed by atoms with Crippen molar-refractivity contribution in [3.63, 3.8) is 0 Å². The number of rotatable bonds is 6. The molecule has 3 rings (SSSR count). The van der Waals surface area contributed by atoms with Crippen molar-refractivity contribution < 1.29 is 12.8 Å². The molecular weight excluding hydrogens is 331 g/mol. The third-order valence-corrected chi connectivity index (χ3v) is 6.49. The molecule has 2 saturated heterocycles. The van der Waals surface area contributed by atoms with Gasteiger partial charge >= 0.3 is 0 Å². The van der Waals surface area contributed by atoms with E-state index in [1.54, 1.807) is 12.3 Å². The predicted molar refractivity (Wildman–Crippen MR) is 91.5 cm³/mol. The van der Waals surface area contributed by atoms with Gasteiger partial charge in [-0.1, -0.05) is 13.3 Å². The molecular formula is C16H25FN4O2S. The van der Waals surface area contributed by atoms with Gasteiger partial charge in [-0.2, -0.15) is 17.4 Å². The lowest BCUT2D eigenvalue weighted by Gasteiger charge is -2.23. The fourth-order valence-electron chi connectivity index (χ4n) is 3.65. The van der Waals surface area contributed by atoms with Gasteiger partial charge < -0.3 is 4.90 Å². The first-order valence-corrected chi connectivity index (χ1v) is 10.1. The molecule has 0 bridgehead atoms. The van der Waals surface area contributed by atoms with E-state index in [4.69, 9.17) is 0 Å². The molecule has 0 spiro atoms. The Balaban J connectivity index is 1.75. The standard InChI is InChI=1S/C16H25FN4O2S/c1-2-6-13-11-20(16-14(17)7-5-8-18-16)12-15(13)19-24(22,23)21-9-3-4-10-21/h5,7-8,13,15,19H,2-4,6,9-12H2,1H3. The van der Waals surface area contributed by atoms with Crippen LogP contribution in [0.25, 0.3) is 0 Å². The first-order valence-electron chi connectivity index (χ1n) is 8.64. The largest absolute Gasteiger partial charge is 0.352 e. The SMILES string of the molecule is CCCC1CN(c2ncccc2F)CC1NS(=O)(=O)N1CCCC1. The second-order valence-corrected chi connectivity index (χ2v) is 8.30. The smallest absolute Gasteiger partial charge is 0.279 e. The highest BCUT2D eigenvalue weighted by molar-refractivity contribution is 7.87. The Bertz CT molecular complexity index is 664. The number of hydrogen-bond donors (Lipinski definition) is 1. The van der Waals surface area contributed by atoms with Gasteiger partial charge in [0.25, 0.3) is 10.2 Å². The fourth-order valence-corrected chi connectivity index (χ4v) is 5.18. The van der Waals surface area contributed by atoms with Crippen LogP contribution in [0.2, 0.25) is 0 Å². The molecule has 3 heterocycles. The third kappa shape index (κ3) is 3.70. The lowest BCUT2D eigenvalue weighted by Crippen LogP contribution is -2.47. The summed E-state index contributed by atoms with van der Waals surface area (Å²) in [5, 5.41) is 0. The molecule has 2 atom stereocenters. The number of hydrogen-bond acceptors (Lipinski definition) is 4. The molecule has 0 aliphatic carbocycles. The van der Waals surface area contributed by atoms with Crippen molar-refractivity contribution >= 4 is 16.0 Å². The van der Waals surface area contributed by atoms with Gasteiger partial charge in [-0.05, 0) is 37.3 Å². The monoisotopic (exact) mass is 356 g/mol. The van der Waals surface area contributed by atoms with Crippen LogP contribution < -0.4 is 9.62 Å². The van der Waals surface area contributed by atoms with Crippen LogP contribution in [0.4, 0.5) is 10.2 Å². The van der Waals surface area contributed by atoms with Gasteiger partial charge in [-0.25, -0.2) is 9.37 Å². The molecule has 0 amide bonds. The number of pyridine rings is 1. The summed E-state index contributed by atoms with van der Waals surface area (Å²) in [5.41, 5.74) is 0. The van der Waals surface area contributed by atoms with Crippen molar-refractivity contribution in [2.75, 3.05) is 31.1 Å². The zero-order chi connectivity index (χ0) is 17.2. The van der Waals surface area contributed by atoms with Crippen LogP contribution in [0.5, 0.6) is 0 Å². The van der Waals surface area contributed by atoms with Gasteiger partial charge in [0.1, 0.15) is 0 Å². The summed E-state index contributed by atoms with van der Waals surface area (Å²) in [7, 11) is -3.47. The quantitative estimate of drug-likeness (QED) is 0.843. The molecule has 2 unspecified atom stereocenters. The van der Waals surface area contributed by atoms with Crippen LogP contribution in [-0.2, 0) is 10.2 Å². The van der Waals surface area contributed by atoms with Crippen molar-refractivity contribution in [2.45, 2.75) is 38.6 Å². The molecule has 1 aromatic rings. The maximum absolute atomic E-state index is 14.0. The van der Waals surface area contributed by atoms with Gasteiger partial charge in [-0.3, -0.25) is 0 Å². The van der Waals surface area contributed by atoms with Crippen molar-refractivity contribution in [1.82, 2.24) is 14.0 Å². The predicted octanol–water partition coefficient (Wildman–Crippen LogP) is 1.76. The number of anilines is 1. The summed E-state index contributed by atoms with van der Waals surface area (Å²) in [4.78, 5) is 5.98. The molecule has 0 radical (unpaired) electrons. The average molecular weight is 356 g/mol. The molecule has 1 N–H and O–H groups in total. The number of aromatic nitrogens is 1. The van der Waals surface area contributed by atoms with Crippen LogP contribution in [0.3, 0.4) is 0 Å². The van der Waals surface area contributed by atoms with Crippen molar-refractivity contribution in [2.24, 2.45) is 5.92 Å². The summed E-state index contributed by atoms with van der Waals surface area (Å²) in [6.07, 6.45) is 5.25. The topological polar surface area (TPSA) is 65.5 Å². The zero-order valence-electron chi connectivity index (χ0n) is 14.0. The van der Waals surface area contributed by atoms with E-state index in [-0.39, 0.29) is 17.8 Å². The van der Waals surface area contributed by atoms with E-state index in [1.165, 1.54) is 10.4 Å². The Kier molecular flexibility index (Phi) is 5.36. The van der Waals surface area contributed by atoms with Crippen LogP contribution in [0.15, 0.2) is 18.3 Å². The van der Waals surface area contributed by atoms with Gasteiger partial charge in [0, 0.05) is 38.4 Å². The first kappa shape index (κ1) is 17.6. The first-order chi connectivity index (χ1) is 11.5. The molecule has 8 heteroatoms. The minimum absolute atomic E-state index is 0.161. The van der Waals surface area contributed by atoms with E-state index in [9.17, 15) is 12.8 Å². The normalized spacial score (nSPS) is 25.5. The van der Waals surface area contributed by atoms with Crippen LogP contribution in [0.1, 0.15) is 32.6 Å². The van der Waals surface area contributed by atoms with Gasteiger partial charge in [-0.15, -0.1) is 0 Å². The second kappa shape index (κ2) is 7.33. The van der Waals surface area contributed by atoms with Crippen molar-refractivity contribution in [1.29, 1.82) is 0 Å². The molecule has 2 aliphatic rings. The molecule has 24 heavy (non-hydrogen) atoms. The molecule has 0 aromatic carbocycles. The average Bonchev–Trinajstić information content (AvgIpc) is 3.19. The highest BCUT2D eigenvalue weighted by Crippen LogP contribution is 2.28. The van der Waals surface area contributed by atoms with E-state index in [2.05, 4.69) is 16.6 Å². The van der Waals surface area contributed by atoms with Gasteiger partial charge in [0.15, 0.2) is 11.6 Å². The summed E-state index contributed by atoms with van der Waals surface area (Å²) >= 11 is 0. The molecule has 0 saturated carbocycles. The molecule has 6 nitrogen and oxygen atoms in total. The Labute approximate surface area is 143 Å². The molecule has 2 fully saturated rings. The minimum Gasteiger partial charge on any atom is -0.352 e. The summed E-state index contributed by atoms with van der Waals surface area (Å²) < 4.78 is 43.5. The summed E-state index contributed by atoms with van der Waals surface area (Å²) in [6, 6.07) is 2.74. The summed E-state index contributed by atoms with van der Waals surface area (Å²) in [5.74, 6) is 0.103. The minimum atomic E-state index is -3.47. The van der Waals surface area contributed by atoms with Gasteiger partial charge in [0.2, 0.25) is 0 Å². The maximum Gasteiger partial charge on any atom is 0.279 e. The number of nitrogens with one attached hydrogen (secondary N) is 1. The third-order valence-electron chi connectivity index (χ3n) is 4.84. The second-order valence-electron chi connectivity index (χ2n) is 6.60. The highest BCUT2D eigenvalue weighted by atomic mass is 32.2. The summed E-state index contributed by atoms with van der Waals surface area (Å²) in [6.45, 7) is 4.31. The number of halogens is 1. The Hall–Kier alpha value is -1.25. The van der Waals surface area contributed by atoms with E-state index >= 15 is 0 Å².